The summed E-state index contributed by atoms with van der Waals surface area (Å²) in [6.45, 7) is 0. The maximum atomic E-state index is 11.6. The number of carbonyl (C=O) groups is 1. The summed E-state index contributed by atoms with van der Waals surface area (Å²) < 4.78 is 0.799. The number of hydrogen-bond donors (Lipinski definition) is 3. The summed E-state index contributed by atoms with van der Waals surface area (Å²) in [6, 6.07) is 4.90. The lowest BCUT2D eigenvalue weighted by molar-refractivity contribution is -0.120. The van der Waals surface area contributed by atoms with Crippen molar-refractivity contribution >= 4 is 44.5 Å². The van der Waals surface area contributed by atoms with Gasteiger partial charge in [-0.2, -0.15) is 5.10 Å². The van der Waals surface area contributed by atoms with Gasteiger partial charge in [-0.25, -0.2) is 5.43 Å². The summed E-state index contributed by atoms with van der Waals surface area (Å²) in [4.78, 5) is 11.6. The van der Waals surface area contributed by atoms with Crippen LogP contribution in [-0.2, 0) is 11.2 Å². The molecule has 1 aromatic carbocycles. The van der Waals surface area contributed by atoms with E-state index < -0.39 is 0 Å². The fourth-order valence-corrected chi connectivity index (χ4v) is 2.30. The summed E-state index contributed by atoms with van der Waals surface area (Å²) in [5, 5.41) is 21.5. The van der Waals surface area contributed by atoms with E-state index in [-0.39, 0.29) is 18.1 Å². The number of hydrogen-bond acceptors (Lipinski definition) is 7. The number of anilines is 1. The molecule has 20 heavy (non-hydrogen) atoms. The molecule has 1 heterocycles. The van der Waals surface area contributed by atoms with Crippen LogP contribution < -0.4 is 11.2 Å². The number of nitrogen functional groups attached to an aromatic ring is 1. The van der Waals surface area contributed by atoms with E-state index in [0.29, 0.717) is 15.7 Å². The molecule has 0 aliphatic heterocycles. The molecule has 2 aromatic rings. The average Bonchev–Trinajstić information content (AvgIpc) is 2.79. The van der Waals surface area contributed by atoms with Crippen molar-refractivity contribution in [1.82, 2.24) is 15.6 Å². The topological polar surface area (TPSA) is 113 Å². The third-order valence-electron chi connectivity index (χ3n) is 2.18. The zero-order valence-electron chi connectivity index (χ0n) is 10.1. The Hall–Kier alpha value is -2.00. The maximum absolute atomic E-state index is 11.6. The first-order chi connectivity index (χ1) is 9.54. The van der Waals surface area contributed by atoms with Crippen LogP contribution in [0.4, 0.5) is 5.13 Å². The summed E-state index contributed by atoms with van der Waals surface area (Å²) in [7, 11) is 0. The highest BCUT2D eigenvalue weighted by molar-refractivity contribution is 9.10. The lowest BCUT2D eigenvalue weighted by atomic mass is 10.2. The van der Waals surface area contributed by atoms with Crippen LogP contribution in [0.3, 0.4) is 0 Å². The number of phenolic OH excluding ortho intramolecular Hbond substituents is 1. The molecular formula is C11H10BrN5O2S. The van der Waals surface area contributed by atoms with Gasteiger partial charge in [0.15, 0.2) is 0 Å². The number of rotatable bonds is 4. The summed E-state index contributed by atoms with van der Waals surface area (Å²) in [5.74, 6) is -0.269. The van der Waals surface area contributed by atoms with Gasteiger partial charge in [0.05, 0.1) is 12.6 Å². The molecule has 0 bridgehead atoms. The number of carbonyl (C=O) groups excluding carboxylic acids is 1. The van der Waals surface area contributed by atoms with Crippen molar-refractivity contribution in [3.63, 3.8) is 0 Å². The average molecular weight is 356 g/mol. The first-order valence-corrected chi connectivity index (χ1v) is 7.04. The van der Waals surface area contributed by atoms with Gasteiger partial charge < -0.3 is 10.8 Å². The molecule has 104 valence electrons. The van der Waals surface area contributed by atoms with Gasteiger partial charge in [-0.15, -0.1) is 10.2 Å². The number of amides is 1. The van der Waals surface area contributed by atoms with Crippen LogP contribution >= 0.6 is 27.3 Å². The predicted octanol–water partition coefficient (Wildman–Crippen LogP) is 1.28. The van der Waals surface area contributed by atoms with E-state index in [9.17, 15) is 9.90 Å². The number of benzene rings is 1. The second-order valence-corrected chi connectivity index (χ2v) is 5.72. The Morgan fingerprint density at radius 2 is 2.35 bits per heavy atom. The van der Waals surface area contributed by atoms with Crippen molar-refractivity contribution in [1.29, 1.82) is 0 Å². The van der Waals surface area contributed by atoms with Gasteiger partial charge in [-0.3, -0.25) is 4.79 Å². The van der Waals surface area contributed by atoms with Crippen molar-refractivity contribution < 1.29 is 9.90 Å². The lowest BCUT2D eigenvalue weighted by Gasteiger charge is -1.99. The number of aromatic nitrogens is 2. The van der Waals surface area contributed by atoms with Crippen molar-refractivity contribution in [3.05, 3.63) is 33.2 Å². The van der Waals surface area contributed by atoms with E-state index >= 15 is 0 Å². The first kappa shape index (κ1) is 14.4. The lowest BCUT2D eigenvalue weighted by Crippen LogP contribution is -2.19. The third kappa shape index (κ3) is 4.00. The van der Waals surface area contributed by atoms with Crippen LogP contribution in [-0.4, -0.2) is 27.4 Å². The molecule has 0 saturated heterocycles. The Morgan fingerprint density at radius 3 is 3.05 bits per heavy atom. The molecule has 9 heteroatoms. The zero-order chi connectivity index (χ0) is 14.5. The Kier molecular flexibility index (Phi) is 4.64. The third-order valence-corrected chi connectivity index (χ3v) is 3.42. The molecule has 0 aliphatic carbocycles. The molecule has 7 nitrogen and oxygen atoms in total. The molecule has 2 rings (SSSR count). The number of aromatic hydroxyl groups is 1. The fraction of sp³-hybridized carbons (Fsp3) is 0.0909. The Bertz CT molecular complexity index is 658. The molecular weight excluding hydrogens is 346 g/mol. The van der Waals surface area contributed by atoms with E-state index in [1.807, 2.05) is 0 Å². The van der Waals surface area contributed by atoms with Crippen LogP contribution in [0.25, 0.3) is 0 Å². The molecule has 0 radical (unpaired) electrons. The first-order valence-electron chi connectivity index (χ1n) is 5.43. The highest BCUT2D eigenvalue weighted by atomic mass is 79.9. The fourth-order valence-electron chi connectivity index (χ4n) is 1.32. The zero-order valence-corrected chi connectivity index (χ0v) is 12.5. The quantitative estimate of drug-likeness (QED) is 0.564. The van der Waals surface area contributed by atoms with E-state index in [0.717, 1.165) is 15.8 Å². The van der Waals surface area contributed by atoms with Crippen LogP contribution in [0, 0.1) is 0 Å². The Labute approximate surface area is 126 Å². The van der Waals surface area contributed by atoms with Crippen LogP contribution in [0.1, 0.15) is 10.6 Å². The number of nitrogens with one attached hydrogen (secondary N) is 1. The van der Waals surface area contributed by atoms with E-state index in [4.69, 9.17) is 5.73 Å². The van der Waals surface area contributed by atoms with Crippen molar-refractivity contribution in [2.45, 2.75) is 6.42 Å². The van der Waals surface area contributed by atoms with E-state index in [2.05, 4.69) is 36.7 Å². The van der Waals surface area contributed by atoms with Gasteiger partial charge in [-0.1, -0.05) is 27.3 Å². The van der Waals surface area contributed by atoms with Crippen molar-refractivity contribution in [2.24, 2.45) is 5.10 Å². The molecule has 0 spiro atoms. The second-order valence-electron chi connectivity index (χ2n) is 3.71. The minimum Gasteiger partial charge on any atom is -0.507 e. The minimum absolute atomic E-state index is 0.0523. The SMILES string of the molecule is Nc1nnc(CC(=O)N/N=C/c2cc(Br)ccc2O)s1. The van der Waals surface area contributed by atoms with Gasteiger partial charge in [0.2, 0.25) is 11.0 Å². The largest absolute Gasteiger partial charge is 0.507 e. The van der Waals surface area contributed by atoms with Gasteiger partial charge in [0.25, 0.3) is 0 Å². The molecule has 0 saturated carbocycles. The maximum Gasteiger partial charge on any atom is 0.247 e. The molecule has 4 N–H and O–H groups in total. The number of nitrogens with zero attached hydrogens (tertiary/aromatic N) is 3. The minimum atomic E-state index is -0.341. The summed E-state index contributed by atoms with van der Waals surface area (Å²) in [6.07, 6.45) is 1.41. The summed E-state index contributed by atoms with van der Waals surface area (Å²) in [5.41, 5.74) is 8.24. The van der Waals surface area contributed by atoms with Gasteiger partial charge in [0.1, 0.15) is 10.8 Å². The van der Waals surface area contributed by atoms with Crippen LogP contribution in [0.15, 0.2) is 27.8 Å². The highest BCUT2D eigenvalue weighted by Crippen LogP contribution is 2.19. The van der Waals surface area contributed by atoms with E-state index in [1.165, 1.54) is 12.3 Å². The highest BCUT2D eigenvalue weighted by Gasteiger charge is 2.07. The molecule has 0 unspecified atom stereocenters. The number of halogens is 1. The smallest absolute Gasteiger partial charge is 0.247 e. The van der Waals surface area contributed by atoms with Crippen LogP contribution in [0.5, 0.6) is 5.75 Å². The predicted molar refractivity (Wildman–Crippen MR) is 79.6 cm³/mol. The number of phenols is 1. The van der Waals surface area contributed by atoms with Crippen molar-refractivity contribution in [2.75, 3.05) is 5.73 Å². The molecule has 0 aliphatic rings. The second kappa shape index (κ2) is 6.44. The number of nitrogens with two attached hydrogens (primary N) is 1. The Balaban J connectivity index is 1.92. The standard InChI is InChI=1S/C11H10BrN5O2S/c12-7-1-2-8(18)6(3-7)5-14-15-9(19)4-10-16-17-11(13)20-10/h1-3,5,18H,4H2,(H2,13,17)(H,15,19)/b14-5+. The molecule has 1 amide bonds. The van der Waals surface area contributed by atoms with Gasteiger partial charge in [0, 0.05) is 10.0 Å². The monoisotopic (exact) mass is 355 g/mol. The molecule has 1 aromatic heterocycles. The summed E-state index contributed by atoms with van der Waals surface area (Å²) >= 11 is 4.42. The van der Waals surface area contributed by atoms with E-state index in [1.54, 1.807) is 12.1 Å². The Morgan fingerprint density at radius 1 is 1.55 bits per heavy atom. The van der Waals surface area contributed by atoms with Crippen LogP contribution in [0.2, 0.25) is 0 Å². The van der Waals surface area contributed by atoms with Gasteiger partial charge in [-0.05, 0) is 18.2 Å². The van der Waals surface area contributed by atoms with Gasteiger partial charge >= 0.3 is 0 Å². The molecule has 0 fully saturated rings. The normalized spacial score (nSPS) is 10.8. The van der Waals surface area contributed by atoms with Crippen molar-refractivity contribution in [3.8, 4) is 5.75 Å². The number of hydrazone groups is 1. The molecule has 0 atom stereocenters.